The third-order valence-electron chi connectivity index (χ3n) is 3.11. The third kappa shape index (κ3) is 2.48. The van der Waals surface area contributed by atoms with Gasteiger partial charge in [-0.05, 0) is 6.42 Å². The van der Waals surface area contributed by atoms with Crippen LogP contribution in [0.3, 0.4) is 0 Å². The van der Waals surface area contributed by atoms with Crippen LogP contribution in [0.4, 0.5) is 11.6 Å². The number of hydrogen-bond acceptors (Lipinski definition) is 8. The third-order valence-corrected chi connectivity index (χ3v) is 3.11. The lowest BCUT2D eigenvalue weighted by molar-refractivity contribution is -0.146. The van der Waals surface area contributed by atoms with Gasteiger partial charge in [0.1, 0.15) is 12.4 Å². The van der Waals surface area contributed by atoms with Gasteiger partial charge in [0.15, 0.2) is 11.6 Å². The van der Waals surface area contributed by atoms with Crippen molar-refractivity contribution in [3.8, 4) is 5.75 Å². The van der Waals surface area contributed by atoms with Crippen LogP contribution in [-0.4, -0.2) is 46.9 Å². The number of ether oxygens (including phenoxy) is 1. The van der Waals surface area contributed by atoms with Crippen molar-refractivity contribution in [3.05, 3.63) is 6.33 Å². The van der Waals surface area contributed by atoms with Crippen LogP contribution in [0.5, 0.6) is 5.75 Å². The Morgan fingerprint density at radius 1 is 1.40 bits per heavy atom. The fraction of sp³-hybridized carbons (Fsp3) is 0.455. The topological polar surface area (TPSA) is 122 Å². The number of aromatic nitrogens is 2. The number of imide groups is 1. The predicted octanol–water partition coefficient (Wildman–Crippen LogP) is -0.670. The molecule has 4 N–H and O–H groups in total. The molecule has 108 valence electrons. The molecule has 1 aromatic heterocycles. The van der Waals surface area contributed by atoms with Gasteiger partial charge in [-0.15, -0.1) is 0 Å². The highest BCUT2D eigenvalue weighted by Gasteiger charge is 2.32. The molecule has 0 saturated carbocycles. The molecule has 0 spiro atoms. The minimum atomic E-state index is -0.535. The summed E-state index contributed by atoms with van der Waals surface area (Å²) >= 11 is 0. The van der Waals surface area contributed by atoms with Crippen LogP contribution < -0.4 is 21.3 Å². The first-order valence-electron chi connectivity index (χ1n) is 6.01. The number of nitrogens with one attached hydrogen (secondary N) is 2. The molecule has 2 amide bonds. The van der Waals surface area contributed by atoms with E-state index in [9.17, 15) is 9.59 Å². The Morgan fingerprint density at radius 3 is 2.75 bits per heavy atom. The van der Waals surface area contributed by atoms with E-state index in [-0.39, 0.29) is 11.8 Å². The highest BCUT2D eigenvalue weighted by Crippen LogP contribution is 2.29. The summed E-state index contributed by atoms with van der Waals surface area (Å²) in [5, 5.41) is 2.96. The summed E-state index contributed by atoms with van der Waals surface area (Å²) in [7, 11) is 2.91. The minimum absolute atomic E-state index is 0.188. The fourth-order valence-electron chi connectivity index (χ4n) is 1.99. The maximum Gasteiger partial charge on any atom is 0.251 e. The molecule has 2 heterocycles. The van der Waals surface area contributed by atoms with E-state index in [1.807, 2.05) is 0 Å². The number of hydrazine groups is 1. The number of methoxy groups -OCH3 is 1. The van der Waals surface area contributed by atoms with Crippen LogP contribution in [-0.2, 0) is 9.59 Å². The van der Waals surface area contributed by atoms with Crippen molar-refractivity contribution in [2.75, 3.05) is 24.9 Å². The van der Waals surface area contributed by atoms with E-state index >= 15 is 0 Å². The molecule has 1 aromatic rings. The van der Waals surface area contributed by atoms with Crippen molar-refractivity contribution in [2.24, 2.45) is 5.84 Å². The molecule has 9 heteroatoms. The molecule has 0 radical (unpaired) electrons. The van der Waals surface area contributed by atoms with E-state index in [1.165, 1.54) is 20.5 Å². The molecule has 2 rings (SSSR count). The first-order valence-corrected chi connectivity index (χ1v) is 6.01. The Balaban J connectivity index is 2.22. The standard InChI is InChI=1S/C11H16N6O3/c1-17-7(18)4-3-6(11(17)19)15-9-8(20-2)10(16-12)14-5-13-9/h5-6H,3-4,12H2,1-2H3,(H2,13,14,15,16). The largest absolute Gasteiger partial charge is 0.490 e. The Kier molecular flexibility index (Phi) is 3.99. The van der Waals surface area contributed by atoms with Gasteiger partial charge in [-0.1, -0.05) is 0 Å². The summed E-state index contributed by atoms with van der Waals surface area (Å²) in [6.07, 6.45) is 2.00. The van der Waals surface area contributed by atoms with Gasteiger partial charge in [-0.25, -0.2) is 15.8 Å². The Morgan fingerprint density at radius 2 is 2.10 bits per heavy atom. The summed E-state index contributed by atoms with van der Waals surface area (Å²) in [5.74, 6) is 5.79. The second-order valence-corrected chi connectivity index (χ2v) is 4.28. The maximum atomic E-state index is 12.0. The molecule has 1 aliphatic rings. The number of carbonyl (C=O) groups excluding carboxylic acids is 2. The number of carbonyl (C=O) groups is 2. The van der Waals surface area contributed by atoms with Crippen LogP contribution in [0.2, 0.25) is 0 Å². The van der Waals surface area contributed by atoms with Gasteiger partial charge in [0, 0.05) is 13.5 Å². The van der Waals surface area contributed by atoms with Gasteiger partial charge >= 0.3 is 0 Å². The quantitative estimate of drug-likeness (QED) is 0.377. The van der Waals surface area contributed by atoms with Crippen molar-refractivity contribution in [1.82, 2.24) is 14.9 Å². The van der Waals surface area contributed by atoms with Gasteiger partial charge in [-0.3, -0.25) is 14.5 Å². The number of likely N-dealkylation sites (N-methyl/N-ethyl adjacent to an activating group) is 1. The second kappa shape index (κ2) is 5.70. The van der Waals surface area contributed by atoms with E-state index in [0.717, 1.165) is 4.90 Å². The second-order valence-electron chi connectivity index (χ2n) is 4.28. The van der Waals surface area contributed by atoms with Crippen molar-refractivity contribution in [2.45, 2.75) is 18.9 Å². The molecule has 0 aliphatic carbocycles. The summed E-state index contributed by atoms with van der Waals surface area (Å²) in [6, 6.07) is -0.535. The number of rotatable bonds is 4. The molecular weight excluding hydrogens is 264 g/mol. The molecule has 1 saturated heterocycles. The number of hydrogen-bond donors (Lipinski definition) is 3. The van der Waals surface area contributed by atoms with Crippen LogP contribution >= 0.6 is 0 Å². The molecule has 1 fully saturated rings. The summed E-state index contributed by atoms with van der Waals surface area (Å²) in [6.45, 7) is 0. The first-order chi connectivity index (χ1) is 9.58. The fourth-order valence-corrected chi connectivity index (χ4v) is 1.99. The SMILES string of the molecule is COc1c(NN)ncnc1NC1CCC(=O)N(C)C1=O. The number of nitrogen functional groups attached to an aromatic ring is 1. The minimum Gasteiger partial charge on any atom is -0.490 e. The van der Waals surface area contributed by atoms with Gasteiger partial charge in [0.2, 0.25) is 11.7 Å². The van der Waals surface area contributed by atoms with Crippen molar-refractivity contribution >= 4 is 23.5 Å². The summed E-state index contributed by atoms with van der Waals surface area (Å²) < 4.78 is 5.17. The van der Waals surface area contributed by atoms with Gasteiger partial charge in [0.05, 0.1) is 7.11 Å². The predicted molar refractivity (Wildman–Crippen MR) is 70.8 cm³/mol. The van der Waals surface area contributed by atoms with Gasteiger partial charge in [0.25, 0.3) is 5.91 Å². The molecule has 20 heavy (non-hydrogen) atoms. The molecule has 1 atom stereocenters. The number of nitrogens with two attached hydrogens (primary N) is 1. The number of piperidine rings is 1. The maximum absolute atomic E-state index is 12.0. The lowest BCUT2D eigenvalue weighted by atomic mass is 10.0. The normalized spacial score (nSPS) is 18.9. The zero-order chi connectivity index (χ0) is 14.7. The highest BCUT2D eigenvalue weighted by atomic mass is 16.5. The smallest absolute Gasteiger partial charge is 0.251 e. The Labute approximate surface area is 115 Å². The molecule has 0 aromatic carbocycles. The van der Waals surface area contributed by atoms with E-state index in [2.05, 4.69) is 20.7 Å². The zero-order valence-corrected chi connectivity index (χ0v) is 11.2. The van der Waals surface area contributed by atoms with Gasteiger partial charge in [-0.2, -0.15) is 0 Å². The lowest BCUT2D eigenvalue weighted by Gasteiger charge is -2.28. The monoisotopic (exact) mass is 280 g/mol. The van der Waals surface area contributed by atoms with E-state index in [1.54, 1.807) is 0 Å². The van der Waals surface area contributed by atoms with Gasteiger partial charge < -0.3 is 15.5 Å². The van der Waals surface area contributed by atoms with Crippen LogP contribution in [0, 0.1) is 0 Å². The molecular formula is C11H16N6O3. The lowest BCUT2D eigenvalue weighted by Crippen LogP contribution is -2.48. The van der Waals surface area contributed by atoms with Crippen LogP contribution in [0.25, 0.3) is 0 Å². The Hall–Kier alpha value is -2.42. The van der Waals surface area contributed by atoms with E-state index < -0.39 is 6.04 Å². The number of nitrogens with zero attached hydrogens (tertiary/aromatic N) is 3. The average molecular weight is 280 g/mol. The molecule has 9 nitrogen and oxygen atoms in total. The first kappa shape index (κ1) is 14.0. The number of anilines is 2. The van der Waals surface area contributed by atoms with Crippen molar-refractivity contribution in [3.63, 3.8) is 0 Å². The molecule has 1 unspecified atom stereocenters. The van der Waals surface area contributed by atoms with Crippen LogP contribution in [0.1, 0.15) is 12.8 Å². The average Bonchev–Trinajstić information content (AvgIpc) is 2.47. The molecule has 0 bridgehead atoms. The van der Waals surface area contributed by atoms with Crippen LogP contribution in [0.15, 0.2) is 6.33 Å². The number of amides is 2. The zero-order valence-electron chi connectivity index (χ0n) is 11.2. The summed E-state index contributed by atoms with van der Waals surface area (Å²) in [5.41, 5.74) is 2.39. The molecule has 1 aliphatic heterocycles. The van der Waals surface area contributed by atoms with Crippen molar-refractivity contribution < 1.29 is 14.3 Å². The van der Waals surface area contributed by atoms with E-state index in [4.69, 9.17) is 10.6 Å². The van der Waals surface area contributed by atoms with Crippen molar-refractivity contribution in [1.29, 1.82) is 0 Å². The Bertz CT molecular complexity index is 535. The number of likely N-dealkylation sites (tertiary alicyclic amines) is 1. The van der Waals surface area contributed by atoms with E-state index in [0.29, 0.717) is 30.2 Å². The highest BCUT2D eigenvalue weighted by molar-refractivity contribution is 6.01. The summed E-state index contributed by atoms with van der Waals surface area (Å²) in [4.78, 5) is 32.5.